The molecule has 0 spiro atoms. The number of thioether (sulfide) groups is 1. The summed E-state index contributed by atoms with van der Waals surface area (Å²) in [5.74, 6) is 0.950. The molecule has 174 valence electrons. The van der Waals surface area contributed by atoms with Crippen molar-refractivity contribution >= 4 is 29.1 Å². The first kappa shape index (κ1) is 24.6. The van der Waals surface area contributed by atoms with Crippen molar-refractivity contribution in [2.24, 2.45) is 5.84 Å². The van der Waals surface area contributed by atoms with Gasteiger partial charge in [-0.3, -0.25) is 10.8 Å². The van der Waals surface area contributed by atoms with Crippen LogP contribution in [-0.2, 0) is 4.74 Å². The number of nitrogens with one attached hydrogen (secondary N) is 2. The number of benzene rings is 1. The summed E-state index contributed by atoms with van der Waals surface area (Å²) in [5.41, 5.74) is 1.10. The van der Waals surface area contributed by atoms with Crippen LogP contribution in [0.5, 0.6) is 0 Å². The van der Waals surface area contributed by atoms with E-state index in [2.05, 4.69) is 15.7 Å². The first-order valence-electron chi connectivity index (χ1n) is 9.22. The molecule has 1 aliphatic heterocycles. The molecule has 2 aromatic rings. The van der Waals surface area contributed by atoms with Gasteiger partial charge < -0.3 is 30.8 Å². The van der Waals surface area contributed by atoms with E-state index in [4.69, 9.17) is 22.2 Å². The van der Waals surface area contributed by atoms with Crippen molar-refractivity contribution in [2.45, 2.75) is 34.7 Å². The van der Waals surface area contributed by atoms with E-state index in [9.17, 15) is 28.5 Å². The third-order valence-corrected chi connectivity index (χ3v) is 6.01. The van der Waals surface area contributed by atoms with Gasteiger partial charge in [0, 0.05) is 29.1 Å². The second kappa shape index (κ2) is 10.7. The molecule has 3 rings (SSSR count). The predicted molar refractivity (Wildman–Crippen MR) is 111 cm³/mol. The smallest absolute Gasteiger partial charge is 0.194 e. The van der Waals surface area contributed by atoms with Crippen LogP contribution in [0, 0.1) is 17.5 Å². The van der Waals surface area contributed by atoms with E-state index in [1.807, 2.05) is 0 Å². The van der Waals surface area contributed by atoms with Gasteiger partial charge in [0.1, 0.15) is 23.7 Å². The molecule has 7 N–H and O–H groups in total. The summed E-state index contributed by atoms with van der Waals surface area (Å²) in [6.07, 6.45) is 0.369. The van der Waals surface area contributed by atoms with Crippen LogP contribution in [0.15, 0.2) is 41.7 Å². The molecule has 0 aliphatic carbocycles. The molecule has 1 aromatic carbocycles. The molecule has 8 nitrogen and oxygen atoms in total. The van der Waals surface area contributed by atoms with Gasteiger partial charge in [-0.1, -0.05) is 23.4 Å². The Morgan fingerprint density at radius 1 is 1.19 bits per heavy atom. The Morgan fingerprint density at radius 3 is 2.47 bits per heavy atom. The van der Waals surface area contributed by atoms with E-state index in [-0.39, 0.29) is 11.3 Å². The minimum absolute atomic E-state index is 0.0579. The normalized spacial score (nSPS) is 26.1. The van der Waals surface area contributed by atoms with E-state index in [0.29, 0.717) is 9.92 Å². The molecule has 0 amide bonds. The number of aliphatic hydroxyl groups is 3. The largest absolute Gasteiger partial charge is 0.394 e. The van der Waals surface area contributed by atoms with Crippen LogP contribution in [0.4, 0.5) is 13.2 Å². The van der Waals surface area contributed by atoms with Crippen molar-refractivity contribution in [1.29, 1.82) is 0 Å². The summed E-state index contributed by atoms with van der Waals surface area (Å²) in [6, 6.07) is 1.97. The minimum Gasteiger partial charge on any atom is -0.394 e. The Balaban J connectivity index is 1.83. The highest BCUT2D eigenvalue weighted by atomic mass is 35.5. The van der Waals surface area contributed by atoms with Crippen molar-refractivity contribution in [3.8, 4) is 0 Å². The van der Waals surface area contributed by atoms with E-state index < -0.39 is 53.8 Å². The highest BCUT2D eigenvalue weighted by Crippen LogP contribution is 2.34. The standard InChI is InChI=1S/C19H20ClF3N4O4S/c20-9-3-10(5-25-4-9)32-19-18(30)16(17(29)14(7-28)31-19)26-6-13(27-24)8-1-11(21)15(23)12(22)2-8/h1-6,14,16-19,26-30H,7,24H2/b13-6-/t14?,16?,17-,18?,19+/m0/s1. The summed E-state index contributed by atoms with van der Waals surface area (Å²) < 4.78 is 46.0. The van der Waals surface area contributed by atoms with Gasteiger partial charge >= 0.3 is 0 Å². The average molecular weight is 493 g/mol. The monoisotopic (exact) mass is 492 g/mol. The number of rotatable bonds is 7. The van der Waals surface area contributed by atoms with Gasteiger partial charge in [0.25, 0.3) is 0 Å². The number of nitrogens with two attached hydrogens (primary N) is 1. The Hall–Kier alpha value is -2.06. The lowest BCUT2D eigenvalue weighted by Crippen LogP contribution is -2.62. The number of aromatic nitrogens is 1. The molecule has 13 heteroatoms. The van der Waals surface area contributed by atoms with Crippen LogP contribution in [0.3, 0.4) is 0 Å². The minimum atomic E-state index is -1.63. The van der Waals surface area contributed by atoms with Crippen LogP contribution in [0.25, 0.3) is 5.70 Å². The quantitative estimate of drug-likeness (QED) is 0.191. The van der Waals surface area contributed by atoms with Gasteiger partial charge in [-0.15, -0.1) is 0 Å². The number of pyridine rings is 1. The zero-order valence-corrected chi connectivity index (χ0v) is 17.8. The number of hydrogen-bond acceptors (Lipinski definition) is 9. The van der Waals surface area contributed by atoms with Crippen molar-refractivity contribution in [3.63, 3.8) is 0 Å². The molecule has 0 bridgehead atoms. The number of hydrogen-bond donors (Lipinski definition) is 6. The number of aliphatic hydroxyl groups excluding tert-OH is 3. The van der Waals surface area contributed by atoms with Crippen LogP contribution in [0.1, 0.15) is 5.56 Å². The topological polar surface area (TPSA) is 133 Å². The molecular formula is C19H20ClF3N4O4S. The van der Waals surface area contributed by atoms with Crippen LogP contribution in [0.2, 0.25) is 5.02 Å². The fourth-order valence-electron chi connectivity index (χ4n) is 3.07. The molecule has 1 aliphatic rings. The number of hydrazine groups is 1. The van der Waals surface area contributed by atoms with Crippen molar-refractivity contribution in [1.82, 2.24) is 15.7 Å². The molecule has 1 aromatic heterocycles. The first-order valence-corrected chi connectivity index (χ1v) is 10.5. The maximum atomic E-state index is 13.6. The third kappa shape index (κ3) is 5.46. The molecule has 5 atom stereocenters. The Kier molecular flexibility index (Phi) is 8.22. The molecular weight excluding hydrogens is 473 g/mol. The number of nitrogens with zero attached hydrogens (tertiary/aromatic N) is 1. The van der Waals surface area contributed by atoms with Gasteiger partial charge in [-0.2, -0.15) is 0 Å². The third-order valence-electron chi connectivity index (χ3n) is 4.69. The Morgan fingerprint density at radius 2 is 1.88 bits per heavy atom. The van der Waals surface area contributed by atoms with Crippen molar-refractivity contribution < 1.29 is 33.2 Å². The maximum Gasteiger partial charge on any atom is 0.194 e. The molecule has 0 radical (unpaired) electrons. The fourth-order valence-corrected chi connectivity index (χ4v) is 4.40. The second-order valence-electron chi connectivity index (χ2n) is 6.81. The van der Waals surface area contributed by atoms with E-state index in [1.165, 1.54) is 12.4 Å². The molecule has 3 unspecified atom stereocenters. The van der Waals surface area contributed by atoms with E-state index >= 15 is 0 Å². The van der Waals surface area contributed by atoms with Gasteiger partial charge in [0.2, 0.25) is 0 Å². The van der Waals surface area contributed by atoms with Crippen LogP contribution < -0.4 is 16.6 Å². The number of ether oxygens (including phenoxy) is 1. The lowest BCUT2D eigenvalue weighted by Gasteiger charge is -2.42. The summed E-state index contributed by atoms with van der Waals surface area (Å²) in [7, 11) is 0. The molecule has 1 saturated heterocycles. The van der Waals surface area contributed by atoms with Crippen molar-refractivity contribution in [2.75, 3.05) is 6.61 Å². The van der Waals surface area contributed by atoms with E-state index in [1.54, 1.807) is 6.07 Å². The SMILES string of the molecule is NN/C(=C\NC1C(O)[C@@H](Sc2cncc(Cl)c2)OC(CO)[C@@H]1O)c1cc(F)c(F)c(F)c1. The van der Waals surface area contributed by atoms with Gasteiger partial charge in [0.15, 0.2) is 17.5 Å². The fraction of sp³-hybridized carbons (Fsp3) is 0.316. The molecule has 2 heterocycles. The average Bonchev–Trinajstić information content (AvgIpc) is 2.76. The second-order valence-corrected chi connectivity index (χ2v) is 8.42. The lowest BCUT2D eigenvalue weighted by molar-refractivity contribution is -0.164. The highest BCUT2D eigenvalue weighted by Gasteiger charge is 2.44. The molecule has 0 saturated carbocycles. The first-order chi connectivity index (χ1) is 15.2. The summed E-state index contributed by atoms with van der Waals surface area (Å²) in [5, 5.41) is 34.0. The predicted octanol–water partition coefficient (Wildman–Crippen LogP) is 1.10. The van der Waals surface area contributed by atoms with Crippen molar-refractivity contribution in [3.05, 3.63) is 64.8 Å². The van der Waals surface area contributed by atoms with Gasteiger partial charge in [0.05, 0.1) is 23.4 Å². The number of halogens is 4. The maximum absolute atomic E-state index is 13.6. The van der Waals surface area contributed by atoms with Gasteiger partial charge in [-0.25, -0.2) is 13.2 Å². The zero-order chi connectivity index (χ0) is 23.4. The highest BCUT2D eigenvalue weighted by molar-refractivity contribution is 7.99. The van der Waals surface area contributed by atoms with Crippen LogP contribution >= 0.6 is 23.4 Å². The molecule has 32 heavy (non-hydrogen) atoms. The summed E-state index contributed by atoms with van der Waals surface area (Å²) >= 11 is 6.99. The molecule has 1 fully saturated rings. The lowest BCUT2D eigenvalue weighted by atomic mass is 9.97. The zero-order valence-electron chi connectivity index (χ0n) is 16.3. The van der Waals surface area contributed by atoms with Crippen LogP contribution in [-0.4, -0.2) is 56.7 Å². The summed E-state index contributed by atoms with van der Waals surface area (Å²) in [6.45, 7) is -0.545. The van der Waals surface area contributed by atoms with Gasteiger partial charge in [-0.05, 0) is 18.2 Å². The van der Waals surface area contributed by atoms with E-state index in [0.717, 1.165) is 30.1 Å². The Bertz CT molecular complexity index is 966. The Labute approximate surface area is 190 Å². The summed E-state index contributed by atoms with van der Waals surface area (Å²) in [4.78, 5) is 4.52.